The van der Waals surface area contributed by atoms with E-state index in [9.17, 15) is 0 Å². The maximum Gasteiger partial charge on any atom is 0.223 e. The zero-order chi connectivity index (χ0) is 17.1. The van der Waals surface area contributed by atoms with Gasteiger partial charge in [0.25, 0.3) is 0 Å². The van der Waals surface area contributed by atoms with Gasteiger partial charge in [-0.2, -0.15) is 4.98 Å². The van der Waals surface area contributed by atoms with E-state index in [0.717, 1.165) is 49.1 Å². The summed E-state index contributed by atoms with van der Waals surface area (Å²) in [5.41, 5.74) is 1.16. The van der Waals surface area contributed by atoms with Crippen molar-refractivity contribution in [2.45, 2.75) is 38.9 Å². The molecule has 0 saturated carbocycles. The van der Waals surface area contributed by atoms with Gasteiger partial charge >= 0.3 is 0 Å². The highest BCUT2D eigenvalue weighted by Crippen LogP contribution is 2.33. The third-order valence-corrected chi connectivity index (χ3v) is 4.67. The quantitative estimate of drug-likeness (QED) is 0.888. The third-order valence-electron chi connectivity index (χ3n) is 4.67. The fraction of sp³-hybridized carbons (Fsp3) is 0.556. The van der Waals surface area contributed by atoms with Crippen LogP contribution in [0.15, 0.2) is 22.7 Å². The van der Waals surface area contributed by atoms with Crippen molar-refractivity contribution in [2.75, 3.05) is 26.3 Å². The SMILES string of the molecule is Cc1nc(CN2CCCC(NCc3cccc4c3OCCO4)C2)no1. The number of rotatable bonds is 5. The Morgan fingerprint density at radius 1 is 1.28 bits per heavy atom. The molecule has 134 valence electrons. The summed E-state index contributed by atoms with van der Waals surface area (Å²) in [6, 6.07) is 6.54. The summed E-state index contributed by atoms with van der Waals surface area (Å²) in [6.45, 7) is 6.65. The maximum absolute atomic E-state index is 5.79. The molecule has 7 heteroatoms. The Hall–Kier alpha value is -2.12. The number of nitrogens with zero attached hydrogens (tertiary/aromatic N) is 3. The van der Waals surface area contributed by atoms with Crippen LogP contribution < -0.4 is 14.8 Å². The van der Waals surface area contributed by atoms with Gasteiger partial charge in [-0.05, 0) is 25.5 Å². The van der Waals surface area contributed by atoms with E-state index in [1.165, 1.54) is 12.8 Å². The minimum atomic E-state index is 0.446. The van der Waals surface area contributed by atoms with Crippen molar-refractivity contribution in [3.63, 3.8) is 0 Å². The number of hydrogen-bond donors (Lipinski definition) is 1. The van der Waals surface area contributed by atoms with E-state index in [1.54, 1.807) is 0 Å². The molecule has 2 aromatic rings. The summed E-state index contributed by atoms with van der Waals surface area (Å²) in [4.78, 5) is 6.68. The van der Waals surface area contributed by atoms with Gasteiger partial charge in [0.05, 0.1) is 6.54 Å². The molecule has 7 nitrogen and oxygen atoms in total. The number of nitrogens with one attached hydrogen (secondary N) is 1. The minimum absolute atomic E-state index is 0.446. The summed E-state index contributed by atoms with van der Waals surface area (Å²) in [5, 5.41) is 7.67. The van der Waals surface area contributed by atoms with Gasteiger partial charge in [-0.15, -0.1) is 0 Å². The Labute approximate surface area is 147 Å². The molecule has 0 spiro atoms. The van der Waals surface area contributed by atoms with E-state index in [-0.39, 0.29) is 0 Å². The molecule has 1 aromatic carbocycles. The largest absolute Gasteiger partial charge is 0.486 e. The van der Waals surface area contributed by atoms with Crippen LogP contribution in [-0.4, -0.2) is 47.4 Å². The number of aromatic nitrogens is 2. The van der Waals surface area contributed by atoms with Gasteiger partial charge in [0.2, 0.25) is 5.89 Å². The predicted octanol–water partition coefficient (Wildman–Crippen LogP) is 1.90. The Balaban J connectivity index is 1.33. The molecule has 1 N–H and O–H groups in total. The molecule has 25 heavy (non-hydrogen) atoms. The summed E-state index contributed by atoms with van der Waals surface area (Å²) < 4.78 is 16.5. The van der Waals surface area contributed by atoms with Gasteiger partial charge < -0.3 is 19.3 Å². The molecular weight excluding hydrogens is 320 g/mol. The number of ether oxygens (including phenoxy) is 2. The van der Waals surface area contributed by atoms with Gasteiger partial charge in [0.15, 0.2) is 17.3 Å². The molecule has 0 bridgehead atoms. The van der Waals surface area contributed by atoms with Crippen LogP contribution in [0.25, 0.3) is 0 Å². The van der Waals surface area contributed by atoms with Crippen molar-refractivity contribution in [1.82, 2.24) is 20.4 Å². The maximum atomic E-state index is 5.79. The van der Waals surface area contributed by atoms with E-state index >= 15 is 0 Å². The average molecular weight is 344 g/mol. The van der Waals surface area contributed by atoms with E-state index in [1.807, 2.05) is 19.1 Å². The van der Waals surface area contributed by atoms with Crippen LogP contribution in [0.5, 0.6) is 11.5 Å². The highest BCUT2D eigenvalue weighted by atomic mass is 16.6. The summed E-state index contributed by atoms with van der Waals surface area (Å²) >= 11 is 0. The highest BCUT2D eigenvalue weighted by Gasteiger charge is 2.22. The number of para-hydroxylation sites is 1. The van der Waals surface area contributed by atoms with E-state index < -0.39 is 0 Å². The predicted molar refractivity (Wildman–Crippen MR) is 91.6 cm³/mol. The second kappa shape index (κ2) is 7.41. The van der Waals surface area contributed by atoms with Crippen molar-refractivity contribution >= 4 is 0 Å². The molecule has 1 atom stereocenters. The van der Waals surface area contributed by atoms with Gasteiger partial charge in [-0.1, -0.05) is 17.3 Å². The van der Waals surface area contributed by atoms with Crippen LogP contribution in [0.2, 0.25) is 0 Å². The highest BCUT2D eigenvalue weighted by molar-refractivity contribution is 5.47. The fourth-order valence-electron chi connectivity index (χ4n) is 3.50. The molecule has 2 aliphatic rings. The Bertz CT molecular complexity index is 718. The van der Waals surface area contributed by atoms with Crippen LogP contribution in [-0.2, 0) is 13.1 Å². The molecule has 1 fully saturated rings. The summed E-state index contributed by atoms with van der Waals surface area (Å²) in [5.74, 6) is 3.12. The number of hydrogen-bond acceptors (Lipinski definition) is 7. The average Bonchev–Trinajstić information content (AvgIpc) is 3.05. The second-order valence-electron chi connectivity index (χ2n) is 6.63. The van der Waals surface area contributed by atoms with Crippen molar-refractivity contribution < 1.29 is 14.0 Å². The van der Waals surface area contributed by atoms with Crippen molar-refractivity contribution in [3.05, 3.63) is 35.5 Å². The van der Waals surface area contributed by atoms with Crippen LogP contribution in [0.4, 0.5) is 0 Å². The first-order valence-electron chi connectivity index (χ1n) is 8.90. The van der Waals surface area contributed by atoms with Crippen molar-refractivity contribution in [2.24, 2.45) is 0 Å². The van der Waals surface area contributed by atoms with Gasteiger partial charge in [-0.25, -0.2) is 0 Å². The second-order valence-corrected chi connectivity index (χ2v) is 6.63. The lowest BCUT2D eigenvalue weighted by Crippen LogP contribution is -2.45. The zero-order valence-electron chi connectivity index (χ0n) is 14.5. The van der Waals surface area contributed by atoms with Crippen LogP contribution in [0.1, 0.15) is 30.1 Å². The molecule has 0 aliphatic carbocycles. The first kappa shape index (κ1) is 16.4. The van der Waals surface area contributed by atoms with Crippen molar-refractivity contribution in [3.8, 4) is 11.5 Å². The Kier molecular flexibility index (Phi) is 4.85. The molecule has 1 aromatic heterocycles. The molecule has 1 saturated heterocycles. The standard InChI is InChI=1S/C18H24N4O3/c1-13-20-17(21-25-13)12-22-7-3-5-15(11-22)19-10-14-4-2-6-16-18(14)24-9-8-23-16/h2,4,6,15,19H,3,5,7-12H2,1H3. The van der Waals surface area contributed by atoms with Crippen LogP contribution in [0.3, 0.4) is 0 Å². The third kappa shape index (κ3) is 3.93. The molecular formula is C18H24N4O3. The first-order valence-corrected chi connectivity index (χ1v) is 8.90. The number of piperidine rings is 1. The van der Waals surface area contributed by atoms with Gasteiger partial charge in [0, 0.05) is 31.6 Å². The lowest BCUT2D eigenvalue weighted by molar-refractivity contribution is 0.166. The molecule has 0 amide bonds. The van der Waals surface area contributed by atoms with E-state index in [0.29, 0.717) is 25.1 Å². The number of benzene rings is 1. The molecule has 0 radical (unpaired) electrons. The van der Waals surface area contributed by atoms with Crippen molar-refractivity contribution in [1.29, 1.82) is 0 Å². The molecule has 2 aliphatic heterocycles. The van der Waals surface area contributed by atoms with Gasteiger partial charge in [0.1, 0.15) is 13.2 Å². The van der Waals surface area contributed by atoms with E-state index in [2.05, 4.69) is 26.4 Å². The number of fused-ring (bicyclic) bond motifs is 1. The monoisotopic (exact) mass is 344 g/mol. The first-order chi connectivity index (χ1) is 12.3. The van der Waals surface area contributed by atoms with Crippen LogP contribution in [0, 0.1) is 6.92 Å². The number of aryl methyl sites for hydroxylation is 1. The topological polar surface area (TPSA) is 72.7 Å². The number of likely N-dealkylation sites (tertiary alicyclic amines) is 1. The Morgan fingerprint density at radius 2 is 2.20 bits per heavy atom. The zero-order valence-corrected chi connectivity index (χ0v) is 14.5. The Morgan fingerprint density at radius 3 is 3.08 bits per heavy atom. The molecule has 4 rings (SSSR count). The normalized spacial score (nSPS) is 20.6. The lowest BCUT2D eigenvalue weighted by Gasteiger charge is -2.32. The molecule has 1 unspecified atom stereocenters. The van der Waals surface area contributed by atoms with E-state index in [4.69, 9.17) is 14.0 Å². The summed E-state index contributed by atoms with van der Waals surface area (Å²) in [7, 11) is 0. The minimum Gasteiger partial charge on any atom is -0.486 e. The lowest BCUT2D eigenvalue weighted by atomic mass is 10.0. The van der Waals surface area contributed by atoms with Crippen LogP contribution >= 0.6 is 0 Å². The van der Waals surface area contributed by atoms with Gasteiger partial charge in [-0.3, -0.25) is 4.90 Å². The molecule has 3 heterocycles. The summed E-state index contributed by atoms with van der Waals surface area (Å²) in [6.07, 6.45) is 2.34. The fourth-order valence-corrected chi connectivity index (χ4v) is 3.50. The smallest absolute Gasteiger partial charge is 0.223 e.